The van der Waals surface area contributed by atoms with E-state index in [-0.39, 0.29) is 48.0 Å². The van der Waals surface area contributed by atoms with Crippen LogP contribution in [0.3, 0.4) is 0 Å². The van der Waals surface area contributed by atoms with Crippen LogP contribution in [0.5, 0.6) is 0 Å². The van der Waals surface area contributed by atoms with Crippen molar-refractivity contribution in [3.63, 3.8) is 0 Å². The van der Waals surface area contributed by atoms with Crippen LogP contribution in [0, 0.1) is 5.82 Å². The number of nitrogens with zero attached hydrogens (tertiary/aromatic N) is 2. The Bertz CT molecular complexity index is 622. The zero-order valence-corrected chi connectivity index (χ0v) is 18.9. The van der Waals surface area contributed by atoms with Crippen LogP contribution >= 0.6 is 24.0 Å². The maximum Gasteiger partial charge on any atom is 0.409 e. The molecule has 9 heteroatoms. The Morgan fingerprint density at radius 3 is 2.46 bits per heavy atom. The molecule has 2 N–H and O–H groups in total. The average molecular weight is 508 g/mol. The van der Waals surface area contributed by atoms with Gasteiger partial charge in [-0.05, 0) is 37.5 Å². The van der Waals surface area contributed by atoms with Crippen molar-refractivity contribution < 1.29 is 18.7 Å². The van der Waals surface area contributed by atoms with Crippen LogP contribution in [-0.4, -0.2) is 63.4 Å². The zero-order chi connectivity index (χ0) is 19.6. The predicted molar refractivity (Wildman–Crippen MR) is 118 cm³/mol. The van der Waals surface area contributed by atoms with E-state index in [1.165, 1.54) is 19.2 Å². The van der Waals surface area contributed by atoms with Crippen LogP contribution in [0.4, 0.5) is 9.18 Å². The number of rotatable bonds is 6. The van der Waals surface area contributed by atoms with Crippen LogP contribution in [0.2, 0.25) is 0 Å². The fourth-order valence-electron chi connectivity index (χ4n) is 3.02. The summed E-state index contributed by atoms with van der Waals surface area (Å²) in [6.07, 6.45) is 1.12. The summed E-state index contributed by atoms with van der Waals surface area (Å²) in [5.74, 6) is 0.434. The van der Waals surface area contributed by atoms with Gasteiger partial charge in [0.05, 0.1) is 13.7 Å². The molecule has 7 nitrogen and oxygen atoms in total. The number of benzene rings is 1. The Morgan fingerprint density at radius 2 is 1.93 bits per heavy atom. The van der Waals surface area contributed by atoms with E-state index in [1.807, 2.05) is 6.92 Å². The number of likely N-dealkylation sites (tertiary alicyclic amines) is 1. The maximum atomic E-state index is 13.1. The molecule has 0 bridgehead atoms. The molecule has 0 saturated carbocycles. The lowest BCUT2D eigenvalue weighted by molar-refractivity contribution is 0.109. The standard InChI is InChI=1S/C19H29FN4O3.HI/c1-4-21-18(23-16-9-11-24(12-10-16)19(25)27-3)22-13-17(26-2)14-5-7-15(20)8-6-14;/h5-8,16-17H,4,9-13H2,1-3H3,(H2,21,22,23);1H. The molecule has 1 aliphatic heterocycles. The second-order valence-corrected chi connectivity index (χ2v) is 6.37. The van der Waals surface area contributed by atoms with E-state index in [1.54, 1.807) is 24.1 Å². The molecule has 2 rings (SSSR count). The largest absolute Gasteiger partial charge is 0.453 e. The summed E-state index contributed by atoms with van der Waals surface area (Å²) < 4.78 is 23.4. The molecule has 1 aromatic carbocycles. The van der Waals surface area contributed by atoms with E-state index in [9.17, 15) is 9.18 Å². The summed E-state index contributed by atoms with van der Waals surface area (Å²) in [4.78, 5) is 17.9. The second-order valence-electron chi connectivity index (χ2n) is 6.37. The van der Waals surface area contributed by atoms with E-state index in [4.69, 9.17) is 9.47 Å². The lowest BCUT2D eigenvalue weighted by atomic mass is 10.1. The molecule has 1 amide bonds. The number of hydrogen-bond acceptors (Lipinski definition) is 4. The number of carbonyl (C=O) groups excluding carboxylic acids is 1. The second kappa shape index (κ2) is 12.8. The van der Waals surface area contributed by atoms with E-state index >= 15 is 0 Å². The first-order chi connectivity index (χ1) is 13.1. The van der Waals surface area contributed by atoms with Gasteiger partial charge in [-0.3, -0.25) is 4.99 Å². The molecular weight excluding hydrogens is 478 g/mol. The summed E-state index contributed by atoms with van der Waals surface area (Å²) in [5.41, 5.74) is 0.880. The number of guanidine groups is 1. The number of halogens is 2. The first-order valence-corrected chi connectivity index (χ1v) is 9.23. The van der Waals surface area contributed by atoms with Crippen molar-refractivity contribution in [2.24, 2.45) is 4.99 Å². The lowest BCUT2D eigenvalue weighted by Crippen LogP contribution is -2.49. The molecule has 1 atom stereocenters. The molecule has 1 unspecified atom stereocenters. The molecule has 158 valence electrons. The summed E-state index contributed by atoms with van der Waals surface area (Å²) in [5, 5.41) is 6.65. The highest BCUT2D eigenvalue weighted by molar-refractivity contribution is 14.0. The van der Waals surface area contributed by atoms with Gasteiger partial charge < -0.3 is 25.0 Å². The van der Waals surface area contributed by atoms with Gasteiger partial charge in [0.25, 0.3) is 0 Å². The zero-order valence-electron chi connectivity index (χ0n) is 16.6. The molecular formula is C19H30FIN4O3. The maximum absolute atomic E-state index is 13.1. The van der Waals surface area contributed by atoms with Gasteiger partial charge >= 0.3 is 6.09 Å². The fraction of sp³-hybridized carbons (Fsp3) is 0.579. The SMILES string of the molecule is CCNC(=NCC(OC)c1ccc(F)cc1)NC1CCN(C(=O)OC)CC1.I. The molecule has 1 aromatic rings. The summed E-state index contributed by atoms with van der Waals surface area (Å²) in [6.45, 7) is 4.46. The van der Waals surface area contributed by atoms with Crippen molar-refractivity contribution in [3.8, 4) is 0 Å². The Kier molecular flexibility index (Phi) is 11.1. The number of piperidine rings is 1. The third-order valence-electron chi connectivity index (χ3n) is 4.55. The minimum atomic E-state index is -0.281. The molecule has 1 saturated heterocycles. The van der Waals surface area contributed by atoms with Crippen LogP contribution in [0.25, 0.3) is 0 Å². The fourth-order valence-corrected chi connectivity index (χ4v) is 3.02. The van der Waals surface area contributed by atoms with Gasteiger partial charge in [0.2, 0.25) is 0 Å². The lowest BCUT2D eigenvalue weighted by Gasteiger charge is -2.32. The average Bonchev–Trinajstić information content (AvgIpc) is 2.69. The van der Waals surface area contributed by atoms with Crippen molar-refractivity contribution in [2.75, 3.05) is 40.4 Å². The Morgan fingerprint density at radius 1 is 1.29 bits per heavy atom. The molecule has 0 aliphatic carbocycles. The van der Waals surface area contributed by atoms with E-state index in [2.05, 4.69) is 15.6 Å². The first-order valence-electron chi connectivity index (χ1n) is 9.23. The minimum absolute atomic E-state index is 0. The number of amides is 1. The number of carbonyl (C=O) groups is 1. The molecule has 0 spiro atoms. The highest BCUT2D eigenvalue weighted by atomic mass is 127. The molecule has 0 radical (unpaired) electrons. The Hall–Kier alpha value is -1.62. The topological polar surface area (TPSA) is 75.2 Å². The van der Waals surface area contributed by atoms with Gasteiger partial charge in [-0.25, -0.2) is 9.18 Å². The van der Waals surface area contributed by atoms with Crippen LogP contribution in [0.1, 0.15) is 31.4 Å². The van der Waals surface area contributed by atoms with Gasteiger partial charge in [-0.15, -0.1) is 24.0 Å². The number of nitrogens with one attached hydrogen (secondary N) is 2. The van der Waals surface area contributed by atoms with E-state index in [0.29, 0.717) is 25.6 Å². The number of methoxy groups -OCH3 is 2. The first kappa shape index (κ1) is 24.4. The molecule has 1 heterocycles. The number of aliphatic imine (C=N–C) groups is 1. The van der Waals surface area contributed by atoms with Crippen molar-refractivity contribution in [3.05, 3.63) is 35.6 Å². The Labute approximate surface area is 183 Å². The van der Waals surface area contributed by atoms with E-state index in [0.717, 1.165) is 24.9 Å². The number of hydrogen-bond donors (Lipinski definition) is 2. The minimum Gasteiger partial charge on any atom is -0.453 e. The molecule has 28 heavy (non-hydrogen) atoms. The van der Waals surface area contributed by atoms with E-state index < -0.39 is 0 Å². The van der Waals surface area contributed by atoms with Crippen molar-refractivity contribution in [1.82, 2.24) is 15.5 Å². The summed E-state index contributed by atoms with van der Waals surface area (Å²) >= 11 is 0. The molecule has 1 aliphatic rings. The van der Waals surface area contributed by atoms with Gasteiger partial charge in [-0.1, -0.05) is 12.1 Å². The smallest absolute Gasteiger partial charge is 0.409 e. The quantitative estimate of drug-likeness (QED) is 0.351. The highest BCUT2D eigenvalue weighted by Gasteiger charge is 2.23. The Balaban J connectivity index is 0.00000392. The third kappa shape index (κ3) is 7.42. The van der Waals surface area contributed by atoms with Crippen molar-refractivity contribution in [2.45, 2.75) is 31.9 Å². The van der Waals surface area contributed by atoms with Gasteiger partial charge in [0.15, 0.2) is 5.96 Å². The summed E-state index contributed by atoms with van der Waals surface area (Å²) in [6, 6.07) is 6.49. The monoisotopic (exact) mass is 508 g/mol. The molecule has 0 aromatic heterocycles. The van der Waals surface area contributed by atoms with Crippen molar-refractivity contribution >= 4 is 36.0 Å². The number of ether oxygens (including phenoxy) is 2. The third-order valence-corrected chi connectivity index (χ3v) is 4.55. The van der Waals surface area contributed by atoms with Gasteiger partial charge in [0, 0.05) is 32.8 Å². The normalized spacial score (nSPS) is 16.1. The van der Waals surface area contributed by atoms with Crippen molar-refractivity contribution in [1.29, 1.82) is 0 Å². The highest BCUT2D eigenvalue weighted by Crippen LogP contribution is 2.17. The summed E-state index contributed by atoms with van der Waals surface area (Å²) in [7, 11) is 3.02. The predicted octanol–water partition coefficient (Wildman–Crippen LogP) is 2.92. The van der Waals surface area contributed by atoms with Gasteiger partial charge in [0.1, 0.15) is 11.9 Å². The van der Waals surface area contributed by atoms with Crippen LogP contribution < -0.4 is 10.6 Å². The van der Waals surface area contributed by atoms with Crippen LogP contribution in [0.15, 0.2) is 29.3 Å². The van der Waals surface area contributed by atoms with Gasteiger partial charge in [-0.2, -0.15) is 0 Å². The van der Waals surface area contributed by atoms with Crippen LogP contribution in [-0.2, 0) is 9.47 Å². The molecule has 1 fully saturated rings.